The summed E-state index contributed by atoms with van der Waals surface area (Å²) < 4.78 is 9.45. The Morgan fingerprint density at radius 3 is 2.93 bits per heavy atom. The zero-order valence-corrected chi connectivity index (χ0v) is 15.9. The lowest BCUT2D eigenvalue weighted by Crippen LogP contribution is -2.30. The maximum absolute atomic E-state index is 11.6. The second kappa shape index (κ2) is 8.03. The van der Waals surface area contributed by atoms with Gasteiger partial charge in [0.1, 0.15) is 5.52 Å². The van der Waals surface area contributed by atoms with E-state index in [9.17, 15) is 4.79 Å². The number of ether oxygens (including phenoxy) is 1. The number of hydrogen-bond acceptors (Lipinski definition) is 5. The minimum atomic E-state index is -0.0745. The van der Waals surface area contributed by atoms with Gasteiger partial charge in [-0.05, 0) is 24.5 Å². The monoisotopic (exact) mass is 368 g/mol. The number of amides is 1. The molecule has 27 heavy (non-hydrogen) atoms. The van der Waals surface area contributed by atoms with Crippen molar-refractivity contribution < 1.29 is 9.53 Å². The highest BCUT2D eigenvalue weighted by Crippen LogP contribution is 2.23. The molecule has 3 heterocycles. The van der Waals surface area contributed by atoms with Crippen LogP contribution in [-0.2, 0) is 11.8 Å². The Hall–Kier alpha value is -3.16. The standard InChI is InChI=1S/C19H24N6O2/c1-5-18(26)23(3)11-14(2)7-9-27-19-17-6-8-20-25(17)13-16(22-19)15-10-21-24(4)12-15/h5-6,8,10,12-14H,1,7,9,11H2,2-4H3. The van der Waals surface area contributed by atoms with Gasteiger partial charge in [-0.15, -0.1) is 0 Å². The van der Waals surface area contributed by atoms with E-state index in [1.165, 1.54) is 6.08 Å². The first kappa shape index (κ1) is 18.6. The molecule has 0 bridgehead atoms. The van der Waals surface area contributed by atoms with Crippen LogP contribution in [0.15, 0.2) is 43.5 Å². The molecule has 0 spiro atoms. The molecule has 0 aromatic carbocycles. The largest absolute Gasteiger partial charge is 0.476 e. The van der Waals surface area contributed by atoms with Crippen LogP contribution in [0.5, 0.6) is 5.88 Å². The van der Waals surface area contributed by atoms with Crippen molar-refractivity contribution in [2.24, 2.45) is 13.0 Å². The van der Waals surface area contributed by atoms with Gasteiger partial charge in [0.15, 0.2) is 0 Å². The molecule has 0 aliphatic carbocycles. The van der Waals surface area contributed by atoms with Gasteiger partial charge < -0.3 is 9.64 Å². The molecule has 0 aliphatic rings. The predicted octanol–water partition coefficient (Wildman–Crippen LogP) is 2.18. The van der Waals surface area contributed by atoms with Crippen molar-refractivity contribution in [2.75, 3.05) is 20.2 Å². The molecule has 1 amide bonds. The molecule has 0 N–H and O–H groups in total. The van der Waals surface area contributed by atoms with Crippen LogP contribution in [0, 0.1) is 5.92 Å². The van der Waals surface area contributed by atoms with Gasteiger partial charge in [-0.25, -0.2) is 9.50 Å². The molecule has 0 saturated carbocycles. The van der Waals surface area contributed by atoms with E-state index in [1.807, 2.05) is 25.5 Å². The Bertz CT molecular complexity index is 945. The van der Waals surface area contributed by atoms with E-state index in [-0.39, 0.29) is 5.91 Å². The fraction of sp³-hybridized carbons (Fsp3) is 0.368. The van der Waals surface area contributed by atoms with E-state index >= 15 is 0 Å². The Morgan fingerprint density at radius 1 is 1.41 bits per heavy atom. The minimum Gasteiger partial charge on any atom is -0.476 e. The second-order valence-corrected chi connectivity index (χ2v) is 6.66. The van der Waals surface area contributed by atoms with Crippen molar-refractivity contribution in [3.63, 3.8) is 0 Å². The summed E-state index contributed by atoms with van der Waals surface area (Å²) in [4.78, 5) is 17.9. The van der Waals surface area contributed by atoms with Crippen LogP contribution < -0.4 is 4.74 Å². The van der Waals surface area contributed by atoms with Crippen molar-refractivity contribution in [1.82, 2.24) is 29.3 Å². The number of hydrogen-bond donors (Lipinski definition) is 0. The van der Waals surface area contributed by atoms with Gasteiger partial charge in [0, 0.05) is 32.4 Å². The van der Waals surface area contributed by atoms with Crippen molar-refractivity contribution in [2.45, 2.75) is 13.3 Å². The number of likely N-dealkylation sites (N-methyl/N-ethyl adjacent to an activating group) is 1. The third-order valence-electron chi connectivity index (χ3n) is 4.34. The van der Waals surface area contributed by atoms with E-state index in [1.54, 1.807) is 33.5 Å². The van der Waals surface area contributed by atoms with E-state index in [4.69, 9.17) is 4.74 Å². The van der Waals surface area contributed by atoms with Crippen LogP contribution in [-0.4, -0.2) is 55.4 Å². The van der Waals surface area contributed by atoms with Crippen molar-refractivity contribution in [3.05, 3.63) is 43.5 Å². The van der Waals surface area contributed by atoms with Crippen LogP contribution in [0.4, 0.5) is 0 Å². The maximum atomic E-state index is 11.6. The fourth-order valence-electron chi connectivity index (χ4n) is 2.86. The van der Waals surface area contributed by atoms with Crippen LogP contribution in [0.25, 0.3) is 16.8 Å². The molecule has 3 aromatic heterocycles. The summed E-state index contributed by atoms with van der Waals surface area (Å²) in [6, 6.07) is 1.87. The van der Waals surface area contributed by atoms with E-state index in [2.05, 4.69) is 28.7 Å². The van der Waals surface area contributed by atoms with E-state index < -0.39 is 0 Å². The van der Waals surface area contributed by atoms with Gasteiger partial charge in [0.2, 0.25) is 11.8 Å². The van der Waals surface area contributed by atoms with Gasteiger partial charge in [-0.1, -0.05) is 13.5 Å². The number of nitrogens with zero attached hydrogens (tertiary/aromatic N) is 6. The molecule has 3 aromatic rings. The lowest BCUT2D eigenvalue weighted by molar-refractivity contribution is -0.125. The summed E-state index contributed by atoms with van der Waals surface area (Å²) in [7, 11) is 3.64. The lowest BCUT2D eigenvalue weighted by Gasteiger charge is -2.20. The predicted molar refractivity (Wildman–Crippen MR) is 102 cm³/mol. The average molecular weight is 368 g/mol. The zero-order chi connectivity index (χ0) is 19.4. The van der Waals surface area contributed by atoms with Crippen molar-refractivity contribution in [3.8, 4) is 17.1 Å². The molecular weight excluding hydrogens is 344 g/mol. The smallest absolute Gasteiger partial charge is 0.245 e. The highest BCUT2D eigenvalue weighted by molar-refractivity contribution is 5.86. The number of carbonyl (C=O) groups excluding carboxylic acids is 1. The number of aromatic nitrogens is 5. The highest BCUT2D eigenvalue weighted by Gasteiger charge is 2.13. The van der Waals surface area contributed by atoms with Gasteiger partial charge in [0.05, 0.1) is 30.9 Å². The first-order valence-electron chi connectivity index (χ1n) is 8.81. The van der Waals surface area contributed by atoms with Crippen LogP contribution >= 0.6 is 0 Å². The fourth-order valence-corrected chi connectivity index (χ4v) is 2.86. The second-order valence-electron chi connectivity index (χ2n) is 6.66. The summed E-state index contributed by atoms with van der Waals surface area (Å²) >= 11 is 0. The van der Waals surface area contributed by atoms with Gasteiger partial charge in [-0.2, -0.15) is 10.2 Å². The lowest BCUT2D eigenvalue weighted by atomic mass is 10.1. The number of rotatable bonds is 8. The quantitative estimate of drug-likeness (QED) is 0.570. The van der Waals surface area contributed by atoms with E-state index in [0.717, 1.165) is 23.2 Å². The Kier molecular flexibility index (Phi) is 5.54. The SMILES string of the molecule is C=CC(=O)N(C)CC(C)CCOc1nc(-c2cnn(C)c2)cn2nccc12. The Balaban J connectivity index is 1.68. The summed E-state index contributed by atoms with van der Waals surface area (Å²) in [6.45, 7) is 6.75. The van der Waals surface area contributed by atoms with Crippen molar-refractivity contribution in [1.29, 1.82) is 0 Å². The van der Waals surface area contributed by atoms with Crippen LogP contribution in [0.3, 0.4) is 0 Å². The van der Waals surface area contributed by atoms with Crippen LogP contribution in [0.1, 0.15) is 13.3 Å². The Morgan fingerprint density at radius 2 is 2.22 bits per heavy atom. The van der Waals surface area contributed by atoms with Gasteiger partial charge in [-0.3, -0.25) is 9.48 Å². The first-order chi connectivity index (χ1) is 13.0. The van der Waals surface area contributed by atoms with E-state index in [0.29, 0.717) is 24.9 Å². The highest BCUT2D eigenvalue weighted by atomic mass is 16.5. The molecule has 3 rings (SSSR count). The average Bonchev–Trinajstić information content (AvgIpc) is 3.29. The van der Waals surface area contributed by atoms with Crippen molar-refractivity contribution >= 4 is 11.4 Å². The number of fused-ring (bicyclic) bond motifs is 1. The zero-order valence-electron chi connectivity index (χ0n) is 15.9. The molecule has 142 valence electrons. The maximum Gasteiger partial charge on any atom is 0.245 e. The topological polar surface area (TPSA) is 77.6 Å². The molecular formula is C19H24N6O2. The molecule has 0 fully saturated rings. The molecule has 1 unspecified atom stereocenters. The summed E-state index contributed by atoms with van der Waals surface area (Å²) in [5.74, 6) is 0.757. The molecule has 0 aliphatic heterocycles. The van der Waals surface area contributed by atoms with Gasteiger partial charge in [0.25, 0.3) is 0 Å². The normalized spacial score (nSPS) is 12.1. The summed E-state index contributed by atoms with van der Waals surface area (Å²) in [5.41, 5.74) is 2.46. The summed E-state index contributed by atoms with van der Waals surface area (Å²) in [5, 5.41) is 8.49. The number of carbonyl (C=O) groups is 1. The summed E-state index contributed by atoms with van der Waals surface area (Å²) in [6.07, 6.45) is 9.36. The molecule has 8 nitrogen and oxygen atoms in total. The third-order valence-corrected chi connectivity index (χ3v) is 4.34. The molecule has 0 saturated heterocycles. The first-order valence-corrected chi connectivity index (χ1v) is 8.81. The molecule has 8 heteroatoms. The third kappa shape index (κ3) is 4.33. The number of aryl methyl sites for hydroxylation is 1. The molecule has 1 atom stereocenters. The Labute approximate surface area is 158 Å². The van der Waals surface area contributed by atoms with Crippen LogP contribution in [0.2, 0.25) is 0 Å². The minimum absolute atomic E-state index is 0.0745. The van der Waals surface area contributed by atoms with Gasteiger partial charge >= 0.3 is 0 Å². The molecule has 0 radical (unpaired) electrons.